The van der Waals surface area contributed by atoms with Gasteiger partial charge in [0.2, 0.25) is 0 Å². The lowest BCUT2D eigenvalue weighted by atomic mass is 10.2. The van der Waals surface area contributed by atoms with E-state index in [1.807, 2.05) is 30.3 Å². The van der Waals surface area contributed by atoms with E-state index in [1.54, 1.807) is 24.4 Å². The van der Waals surface area contributed by atoms with Gasteiger partial charge in [-0.3, -0.25) is 4.98 Å². The Hall–Kier alpha value is -2.62. The van der Waals surface area contributed by atoms with Crippen molar-refractivity contribution in [3.8, 4) is 11.5 Å². The lowest BCUT2D eigenvalue weighted by molar-refractivity contribution is 0.213. The lowest BCUT2D eigenvalue weighted by Gasteiger charge is -2.10. The standard InChI is InChI=1S/C17H14FNO2/c18-14-7-1-2-8-15(14)20-11-12-21-16-9-3-5-13-6-4-10-19-17(13)16/h1-10H,11-12H2. The smallest absolute Gasteiger partial charge is 0.165 e. The molecule has 2 aromatic carbocycles. The molecule has 3 rings (SSSR count). The van der Waals surface area contributed by atoms with Gasteiger partial charge in [-0.15, -0.1) is 0 Å². The van der Waals surface area contributed by atoms with Crippen LogP contribution >= 0.6 is 0 Å². The number of para-hydroxylation sites is 2. The highest BCUT2D eigenvalue weighted by molar-refractivity contribution is 5.84. The van der Waals surface area contributed by atoms with Crippen LogP contribution in [0, 0.1) is 5.82 Å². The molecule has 0 spiro atoms. The molecular formula is C17H14FNO2. The van der Waals surface area contributed by atoms with Crippen LogP contribution in [0.3, 0.4) is 0 Å². The van der Waals surface area contributed by atoms with Crippen molar-refractivity contribution >= 4 is 10.9 Å². The number of hydrogen-bond acceptors (Lipinski definition) is 3. The Kier molecular flexibility index (Phi) is 3.96. The van der Waals surface area contributed by atoms with E-state index >= 15 is 0 Å². The summed E-state index contributed by atoms with van der Waals surface area (Å²) in [6, 6.07) is 15.9. The minimum absolute atomic E-state index is 0.233. The SMILES string of the molecule is Fc1ccccc1OCCOc1cccc2cccnc12. The van der Waals surface area contributed by atoms with Gasteiger partial charge in [-0.25, -0.2) is 4.39 Å². The van der Waals surface area contributed by atoms with Crippen molar-refractivity contribution in [1.82, 2.24) is 4.98 Å². The van der Waals surface area contributed by atoms with Gasteiger partial charge >= 0.3 is 0 Å². The van der Waals surface area contributed by atoms with E-state index in [2.05, 4.69) is 4.98 Å². The molecule has 3 aromatic rings. The number of fused-ring (bicyclic) bond motifs is 1. The molecule has 106 valence electrons. The zero-order valence-corrected chi connectivity index (χ0v) is 11.3. The summed E-state index contributed by atoms with van der Waals surface area (Å²) in [5, 5.41) is 1.02. The van der Waals surface area contributed by atoms with Gasteiger partial charge in [0, 0.05) is 11.6 Å². The first-order valence-electron chi connectivity index (χ1n) is 6.68. The number of rotatable bonds is 5. The van der Waals surface area contributed by atoms with E-state index in [9.17, 15) is 4.39 Å². The highest BCUT2D eigenvalue weighted by atomic mass is 19.1. The van der Waals surface area contributed by atoms with E-state index in [-0.39, 0.29) is 18.2 Å². The third-order valence-corrected chi connectivity index (χ3v) is 3.03. The largest absolute Gasteiger partial charge is 0.488 e. The summed E-state index contributed by atoms with van der Waals surface area (Å²) < 4.78 is 24.4. The summed E-state index contributed by atoms with van der Waals surface area (Å²) in [6.45, 7) is 0.591. The first-order valence-corrected chi connectivity index (χ1v) is 6.68. The summed E-state index contributed by atoms with van der Waals surface area (Å²) in [4.78, 5) is 4.31. The number of benzene rings is 2. The third-order valence-electron chi connectivity index (χ3n) is 3.03. The van der Waals surface area contributed by atoms with Crippen molar-refractivity contribution in [3.05, 3.63) is 66.6 Å². The average Bonchev–Trinajstić information content (AvgIpc) is 2.53. The molecule has 0 unspecified atom stereocenters. The predicted octanol–water partition coefficient (Wildman–Crippen LogP) is 3.83. The fourth-order valence-corrected chi connectivity index (χ4v) is 2.06. The minimum atomic E-state index is -0.371. The molecule has 0 aliphatic heterocycles. The van der Waals surface area contributed by atoms with Crippen molar-refractivity contribution in [1.29, 1.82) is 0 Å². The Balaban J connectivity index is 1.61. The van der Waals surface area contributed by atoms with Gasteiger partial charge < -0.3 is 9.47 Å². The summed E-state index contributed by atoms with van der Waals surface area (Å²) in [6.07, 6.45) is 1.73. The molecule has 1 aromatic heterocycles. The molecule has 0 amide bonds. The van der Waals surface area contributed by atoms with Gasteiger partial charge in [-0.2, -0.15) is 0 Å². The van der Waals surface area contributed by atoms with Crippen LogP contribution in [0.25, 0.3) is 10.9 Å². The molecule has 0 aliphatic rings. The molecule has 1 heterocycles. The zero-order valence-electron chi connectivity index (χ0n) is 11.3. The molecule has 0 saturated heterocycles. The maximum absolute atomic E-state index is 13.4. The van der Waals surface area contributed by atoms with Gasteiger partial charge in [0.15, 0.2) is 11.6 Å². The van der Waals surface area contributed by atoms with Crippen LogP contribution in [0.5, 0.6) is 11.5 Å². The second-order valence-electron chi connectivity index (χ2n) is 4.46. The Labute approximate surface area is 122 Å². The molecule has 0 fully saturated rings. The second-order valence-corrected chi connectivity index (χ2v) is 4.46. The van der Waals surface area contributed by atoms with Gasteiger partial charge in [0.1, 0.15) is 24.5 Å². The fourth-order valence-electron chi connectivity index (χ4n) is 2.06. The predicted molar refractivity (Wildman–Crippen MR) is 79.1 cm³/mol. The molecule has 0 aliphatic carbocycles. The Bertz CT molecular complexity index is 740. The van der Waals surface area contributed by atoms with E-state index in [1.165, 1.54) is 6.07 Å². The number of ether oxygens (including phenoxy) is 2. The van der Waals surface area contributed by atoms with Crippen LogP contribution in [0.2, 0.25) is 0 Å². The van der Waals surface area contributed by atoms with Crippen LogP contribution in [0.15, 0.2) is 60.8 Å². The van der Waals surface area contributed by atoms with E-state index < -0.39 is 0 Å². The Morgan fingerprint density at radius 1 is 0.810 bits per heavy atom. The number of nitrogens with zero attached hydrogens (tertiary/aromatic N) is 1. The van der Waals surface area contributed by atoms with E-state index in [0.717, 1.165) is 10.9 Å². The molecule has 3 nitrogen and oxygen atoms in total. The van der Waals surface area contributed by atoms with Crippen LogP contribution < -0.4 is 9.47 Å². The number of aromatic nitrogens is 1. The summed E-state index contributed by atoms with van der Waals surface area (Å²) >= 11 is 0. The molecular weight excluding hydrogens is 269 g/mol. The first-order chi connectivity index (χ1) is 10.3. The quantitative estimate of drug-likeness (QED) is 0.667. The molecule has 0 N–H and O–H groups in total. The van der Waals surface area contributed by atoms with Crippen LogP contribution in [0.4, 0.5) is 4.39 Å². The fraction of sp³-hybridized carbons (Fsp3) is 0.118. The number of pyridine rings is 1. The highest BCUT2D eigenvalue weighted by Crippen LogP contribution is 2.23. The maximum atomic E-state index is 13.4. The van der Waals surface area contributed by atoms with Crippen molar-refractivity contribution < 1.29 is 13.9 Å². The van der Waals surface area contributed by atoms with Gasteiger partial charge in [0.05, 0.1) is 0 Å². The van der Waals surface area contributed by atoms with Crippen LogP contribution in [-0.4, -0.2) is 18.2 Å². The van der Waals surface area contributed by atoms with Crippen molar-refractivity contribution in [2.24, 2.45) is 0 Å². The molecule has 4 heteroatoms. The van der Waals surface area contributed by atoms with Gasteiger partial charge in [-0.05, 0) is 24.3 Å². The van der Waals surface area contributed by atoms with E-state index in [0.29, 0.717) is 12.4 Å². The topological polar surface area (TPSA) is 31.4 Å². The minimum Gasteiger partial charge on any atom is -0.488 e. The Morgan fingerprint density at radius 3 is 2.38 bits per heavy atom. The normalized spacial score (nSPS) is 10.5. The van der Waals surface area contributed by atoms with Gasteiger partial charge in [-0.1, -0.05) is 30.3 Å². The first kappa shape index (κ1) is 13.4. The third kappa shape index (κ3) is 3.11. The Morgan fingerprint density at radius 2 is 1.52 bits per heavy atom. The maximum Gasteiger partial charge on any atom is 0.165 e. The number of hydrogen-bond donors (Lipinski definition) is 0. The van der Waals surface area contributed by atoms with E-state index in [4.69, 9.17) is 9.47 Å². The van der Waals surface area contributed by atoms with Gasteiger partial charge in [0.25, 0.3) is 0 Å². The second kappa shape index (κ2) is 6.22. The molecule has 0 atom stereocenters. The van der Waals surface area contributed by atoms with Crippen LogP contribution in [-0.2, 0) is 0 Å². The lowest BCUT2D eigenvalue weighted by Crippen LogP contribution is -2.10. The van der Waals surface area contributed by atoms with Crippen molar-refractivity contribution in [2.45, 2.75) is 0 Å². The molecule has 21 heavy (non-hydrogen) atoms. The summed E-state index contributed by atoms with van der Waals surface area (Å²) in [5.41, 5.74) is 0.811. The van der Waals surface area contributed by atoms with Crippen molar-refractivity contribution in [3.63, 3.8) is 0 Å². The average molecular weight is 283 g/mol. The monoisotopic (exact) mass is 283 g/mol. The molecule has 0 bridgehead atoms. The zero-order chi connectivity index (χ0) is 14.5. The molecule has 0 saturated carbocycles. The number of halogens is 1. The highest BCUT2D eigenvalue weighted by Gasteiger charge is 2.04. The van der Waals surface area contributed by atoms with Crippen molar-refractivity contribution in [2.75, 3.05) is 13.2 Å². The summed E-state index contributed by atoms with van der Waals surface area (Å²) in [5.74, 6) is 0.562. The summed E-state index contributed by atoms with van der Waals surface area (Å²) in [7, 11) is 0. The molecule has 0 radical (unpaired) electrons. The van der Waals surface area contributed by atoms with Crippen LogP contribution in [0.1, 0.15) is 0 Å².